The van der Waals surface area contributed by atoms with Crippen molar-refractivity contribution in [3.05, 3.63) is 23.8 Å². The minimum absolute atomic E-state index is 0.0598. The standard InChI is InChI=1S/C17H28N4O3/c1-4-5-9-21(10-7-16(22)18-8-6-11-24-3)17(23)15-13-19-14(2)12-20-15/h12-13H,4-11H2,1-3H3,(H,18,22). The second kappa shape index (κ2) is 11.5. The Morgan fingerprint density at radius 3 is 2.62 bits per heavy atom. The van der Waals surface area contributed by atoms with Crippen LogP contribution >= 0.6 is 0 Å². The fourth-order valence-electron chi connectivity index (χ4n) is 2.10. The maximum Gasteiger partial charge on any atom is 0.274 e. The van der Waals surface area contributed by atoms with Crippen LogP contribution in [0.4, 0.5) is 0 Å². The second-order valence-electron chi connectivity index (χ2n) is 5.64. The van der Waals surface area contributed by atoms with Crippen LogP contribution < -0.4 is 5.32 Å². The van der Waals surface area contributed by atoms with E-state index in [2.05, 4.69) is 22.2 Å². The number of unbranched alkanes of at least 4 members (excludes halogenated alkanes) is 1. The molecule has 0 saturated carbocycles. The van der Waals surface area contributed by atoms with Gasteiger partial charge in [0.05, 0.1) is 11.9 Å². The lowest BCUT2D eigenvalue weighted by Crippen LogP contribution is -2.36. The number of carbonyl (C=O) groups excluding carboxylic acids is 2. The maximum absolute atomic E-state index is 12.5. The molecule has 1 aromatic heterocycles. The van der Waals surface area contributed by atoms with Crippen LogP contribution in [0.25, 0.3) is 0 Å². The summed E-state index contributed by atoms with van der Waals surface area (Å²) in [6.45, 7) is 6.08. The molecular formula is C17H28N4O3. The number of hydrogen-bond acceptors (Lipinski definition) is 5. The number of nitrogens with one attached hydrogen (secondary N) is 1. The van der Waals surface area contributed by atoms with Gasteiger partial charge in [-0.2, -0.15) is 0 Å². The SMILES string of the molecule is CCCCN(CCC(=O)NCCCOC)C(=O)c1cnc(C)cn1. The summed E-state index contributed by atoms with van der Waals surface area (Å²) in [5.41, 5.74) is 1.08. The summed E-state index contributed by atoms with van der Waals surface area (Å²) in [4.78, 5) is 34.3. The van der Waals surface area contributed by atoms with E-state index in [0.717, 1.165) is 25.0 Å². The van der Waals surface area contributed by atoms with Crippen LogP contribution in [-0.4, -0.2) is 60.0 Å². The fourth-order valence-corrected chi connectivity index (χ4v) is 2.10. The number of rotatable bonds is 11. The van der Waals surface area contributed by atoms with Crippen LogP contribution in [0.5, 0.6) is 0 Å². The monoisotopic (exact) mass is 336 g/mol. The Kier molecular flexibility index (Phi) is 9.60. The van der Waals surface area contributed by atoms with Crippen LogP contribution in [0.15, 0.2) is 12.4 Å². The molecule has 0 unspecified atom stereocenters. The van der Waals surface area contributed by atoms with Crippen molar-refractivity contribution in [1.82, 2.24) is 20.2 Å². The van der Waals surface area contributed by atoms with E-state index >= 15 is 0 Å². The molecule has 0 saturated heterocycles. The molecule has 1 N–H and O–H groups in total. The quantitative estimate of drug-likeness (QED) is 0.620. The molecule has 1 heterocycles. The Balaban J connectivity index is 2.53. The number of carbonyl (C=O) groups is 2. The third kappa shape index (κ3) is 7.50. The topological polar surface area (TPSA) is 84.4 Å². The first-order chi connectivity index (χ1) is 11.6. The van der Waals surface area contributed by atoms with Crippen LogP contribution in [-0.2, 0) is 9.53 Å². The molecule has 0 spiro atoms. The van der Waals surface area contributed by atoms with E-state index < -0.39 is 0 Å². The van der Waals surface area contributed by atoms with Crippen molar-refractivity contribution in [2.75, 3.05) is 33.4 Å². The van der Waals surface area contributed by atoms with Crippen molar-refractivity contribution < 1.29 is 14.3 Å². The zero-order chi connectivity index (χ0) is 17.8. The maximum atomic E-state index is 12.5. The van der Waals surface area contributed by atoms with Gasteiger partial charge < -0.3 is 15.0 Å². The first-order valence-electron chi connectivity index (χ1n) is 8.42. The van der Waals surface area contributed by atoms with Crippen LogP contribution in [0.2, 0.25) is 0 Å². The van der Waals surface area contributed by atoms with Gasteiger partial charge in [0.2, 0.25) is 5.91 Å². The van der Waals surface area contributed by atoms with Gasteiger partial charge in [-0.3, -0.25) is 14.6 Å². The number of aromatic nitrogens is 2. The number of ether oxygens (including phenoxy) is 1. The molecule has 2 amide bonds. The molecule has 7 nitrogen and oxygen atoms in total. The minimum Gasteiger partial charge on any atom is -0.385 e. The van der Waals surface area contributed by atoms with Crippen molar-refractivity contribution in [3.63, 3.8) is 0 Å². The summed E-state index contributed by atoms with van der Waals surface area (Å²) in [6, 6.07) is 0. The molecule has 1 aromatic rings. The van der Waals surface area contributed by atoms with Gasteiger partial charge in [0, 0.05) is 46.0 Å². The van der Waals surface area contributed by atoms with Gasteiger partial charge in [-0.25, -0.2) is 4.98 Å². The highest BCUT2D eigenvalue weighted by atomic mass is 16.5. The van der Waals surface area contributed by atoms with Crippen molar-refractivity contribution >= 4 is 11.8 Å². The molecule has 0 fully saturated rings. The largest absolute Gasteiger partial charge is 0.385 e. The average Bonchev–Trinajstić information content (AvgIpc) is 2.59. The number of nitrogens with zero attached hydrogens (tertiary/aromatic N) is 3. The summed E-state index contributed by atoms with van der Waals surface area (Å²) in [5.74, 6) is -0.237. The first-order valence-corrected chi connectivity index (χ1v) is 8.42. The number of methoxy groups -OCH3 is 1. The Morgan fingerprint density at radius 2 is 2.00 bits per heavy atom. The minimum atomic E-state index is -0.178. The van der Waals surface area contributed by atoms with E-state index in [0.29, 0.717) is 31.9 Å². The second-order valence-corrected chi connectivity index (χ2v) is 5.64. The molecule has 0 aliphatic carbocycles. The van der Waals surface area contributed by atoms with E-state index in [1.807, 2.05) is 6.92 Å². The molecule has 134 valence electrons. The Labute approximate surface area is 143 Å². The van der Waals surface area contributed by atoms with E-state index in [4.69, 9.17) is 4.74 Å². The van der Waals surface area contributed by atoms with Gasteiger partial charge in [-0.05, 0) is 19.8 Å². The molecule has 0 bridgehead atoms. The lowest BCUT2D eigenvalue weighted by Gasteiger charge is -2.22. The van der Waals surface area contributed by atoms with Crippen LogP contribution in [0.3, 0.4) is 0 Å². The molecule has 1 rings (SSSR count). The van der Waals surface area contributed by atoms with E-state index in [1.165, 1.54) is 6.20 Å². The predicted octanol–water partition coefficient (Wildman–Crippen LogP) is 1.57. The highest BCUT2D eigenvalue weighted by Crippen LogP contribution is 2.05. The Bertz CT molecular complexity index is 505. The summed E-state index contributed by atoms with van der Waals surface area (Å²) >= 11 is 0. The van der Waals surface area contributed by atoms with Crippen molar-refractivity contribution in [1.29, 1.82) is 0 Å². The lowest BCUT2D eigenvalue weighted by atomic mass is 10.2. The van der Waals surface area contributed by atoms with E-state index in [1.54, 1.807) is 18.2 Å². The zero-order valence-electron chi connectivity index (χ0n) is 14.9. The molecule has 0 aliphatic heterocycles. The first kappa shape index (κ1) is 20.0. The lowest BCUT2D eigenvalue weighted by molar-refractivity contribution is -0.121. The molecule has 0 aromatic carbocycles. The predicted molar refractivity (Wildman–Crippen MR) is 91.7 cm³/mol. The van der Waals surface area contributed by atoms with Crippen LogP contribution in [0, 0.1) is 6.92 Å². The van der Waals surface area contributed by atoms with Gasteiger partial charge in [0.1, 0.15) is 5.69 Å². The molecule has 24 heavy (non-hydrogen) atoms. The Morgan fingerprint density at radius 1 is 1.21 bits per heavy atom. The smallest absolute Gasteiger partial charge is 0.274 e. The van der Waals surface area contributed by atoms with Gasteiger partial charge in [0.15, 0.2) is 0 Å². The van der Waals surface area contributed by atoms with E-state index in [9.17, 15) is 9.59 Å². The van der Waals surface area contributed by atoms with Crippen molar-refractivity contribution in [2.24, 2.45) is 0 Å². The molecule has 7 heteroatoms. The molecular weight excluding hydrogens is 308 g/mol. The normalized spacial score (nSPS) is 10.5. The molecule has 0 atom stereocenters. The highest BCUT2D eigenvalue weighted by molar-refractivity contribution is 5.92. The van der Waals surface area contributed by atoms with Gasteiger partial charge >= 0.3 is 0 Å². The Hall–Kier alpha value is -2.02. The van der Waals surface area contributed by atoms with Gasteiger partial charge in [-0.1, -0.05) is 13.3 Å². The third-order valence-electron chi connectivity index (χ3n) is 3.53. The highest BCUT2D eigenvalue weighted by Gasteiger charge is 2.18. The molecule has 0 radical (unpaired) electrons. The summed E-state index contributed by atoms with van der Waals surface area (Å²) in [6.07, 6.45) is 5.99. The van der Waals surface area contributed by atoms with Crippen LogP contribution in [0.1, 0.15) is 48.8 Å². The summed E-state index contributed by atoms with van der Waals surface area (Å²) in [7, 11) is 1.63. The number of amides is 2. The van der Waals surface area contributed by atoms with Gasteiger partial charge in [-0.15, -0.1) is 0 Å². The fraction of sp³-hybridized carbons (Fsp3) is 0.647. The zero-order valence-corrected chi connectivity index (χ0v) is 14.9. The van der Waals surface area contributed by atoms with E-state index in [-0.39, 0.29) is 18.2 Å². The number of aryl methyl sites for hydroxylation is 1. The summed E-state index contributed by atoms with van der Waals surface area (Å²) < 4.78 is 4.94. The third-order valence-corrected chi connectivity index (χ3v) is 3.53. The number of hydrogen-bond donors (Lipinski definition) is 1. The summed E-state index contributed by atoms with van der Waals surface area (Å²) in [5, 5.41) is 2.83. The van der Waals surface area contributed by atoms with Gasteiger partial charge in [0.25, 0.3) is 5.91 Å². The van der Waals surface area contributed by atoms with Crippen molar-refractivity contribution in [3.8, 4) is 0 Å². The van der Waals surface area contributed by atoms with Crippen molar-refractivity contribution in [2.45, 2.75) is 39.5 Å². The molecule has 0 aliphatic rings. The average molecular weight is 336 g/mol.